The van der Waals surface area contributed by atoms with Crippen molar-refractivity contribution in [3.63, 3.8) is 0 Å². The number of hydrogen-bond acceptors (Lipinski definition) is 5. The molecule has 0 aliphatic rings. The quantitative estimate of drug-likeness (QED) is 0.530. The molecular weight excluding hydrogens is 302 g/mol. The molecule has 0 aliphatic heterocycles. The normalized spacial score (nSPS) is 14.4. The summed E-state index contributed by atoms with van der Waals surface area (Å²) in [6, 6.07) is -2.37. The molecule has 0 fully saturated rings. The largest absolute Gasteiger partial charge is 0.467 e. The summed E-state index contributed by atoms with van der Waals surface area (Å²) in [5.74, 6) is -2.01. The van der Waals surface area contributed by atoms with E-state index in [0.29, 0.717) is 6.42 Å². The fraction of sp³-hybridized carbons (Fsp3) is 0.733. The predicted octanol–water partition coefficient (Wildman–Crippen LogP) is -0.280. The van der Waals surface area contributed by atoms with Gasteiger partial charge in [0.05, 0.1) is 7.11 Å². The zero-order valence-corrected chi connectivity index (χ0v) is 14.6. The highest BCUT2D eigenvalue weighted by Crippen LogP contribution is 1.98. The Morgan fingerprint density at radius 1 is 0.826 bits per heavy atom. The summed E-state index contributed by atoms with van der Waals surface area (Å²) in [5, 5.41) is 7.58. The number of hydrogen-bond donors (Lipinski definition) is 3. The number of nitrogens with one attached hydrogen (secondary N) is 3. The maximum absolute atomic E-state index is 12.1. The summed E-state index contributed by atoms with van der Waals surface area (Å²) < 4.78 is 4.51. The molecule has 3 N–H and O–H groups in total. The second-order valence-corrected chi connectivity index (χ2v) is 5.61. The molecule has 3 atom stereocenters. The summed E-state index contributed by atoms with van der Waals surface area (Å²) in [5.41, 5.74) is 0. The average molecular weight is 329 g/mol. The molecule has 0 heterocycles. The zero-order chi connectivity index (χ0) is 18.2. The van der Waals surface area contributed by atoms with Crippen molar-refractivity contribution in [2.24, 2.45) is 5.92 Å². The minimum atomic E-state index is -0.848. The second-order valence-electron chi connectivity index (χ2n) is 5.61. The van der Waals surface area contributed by atoms with Crippen LogP contribution in [0.1, 0.15) is 41.0 Å². The third-order valence-corrected chi connectivity index (χ3v) is 3.23. The summed E-state index contributed by atoms with van der Waals surface area (Å²) in [6.07, 6.45) is 0.400. The Morgan fingerprint density at radius 3 is 1.78 bits per heavy atom. The second kappa shape index (κ2) is 9.81. The minimum Gasteiger partial charge on any atom is -0.467 e. The van der Waals surface area contributed by atoms with E-state index in [1.807, 2.05) is 0 Å². The van der Waals surface area contributed by atoms with Crippen LogP contribution in [0.2, 0.25) is 0 Å². The first kappa shape index (κ1) is 20.9. The van der Waals surface area contributed by atoms with E-state index in [9.17, 15) is 19.2 Å². The maximum atomic E-state index is 12.1. The molecule has 0 saturated heterocycles. The van der Waals surface area contributed by atoms with E-state index < -0.39 is 35.9 Å². The van der Waals surface area contributed by atoms with Gasteiger partial charge in [0, 0.05) is 5.92 Å². The van der Waals surface area contributed by atoms with Crippen LogP contribution in [0.5, 0.6) is 0 Å². The summed E-state index contributed by atoms with van der Waals surface area (Å²) in [6.45, 7) is 8.19. The Kier molecular flexibility index (Phi) is 8.90. The summed E-state index contributed by atoms with van der Waals surface area (Å²) in [7, 11) is 1.22. The Hall–Kier alpha value is -2.12. The highest BCUT2D eigenvalue weighted by Gasteiger charge is 2.25. The number of methoxy groups -OCH3 is 1. The number of esters is 1. The Balaban J connectivity index is 4.59. The van der Waals surface area contributed by atoms with Gasteiger partial charge in [-0.3, -0.25) is 14.4 Å². The van der Waals surface area contributed by atoms with Crippen molar-refractivity contribution in [3.8, 4) is 0 Å². The standard InChI is InChI=1S/C15H27N3O5/c1-7-11(18-12(19)8(2)3)14(21)16-9(4)13(20)17-10(5)15(22)23-6/h8-11H,7H2,1-6H3,(H,16,21)(H,17,20)(H,18,19). The van der Waals surface area contributed by atoms with Gasteiger partial charge in [0.1, 0.15) is 18.1 Å². The van der Waals surface area contributed by atoms with Crippen molar-refractivity contribution in [2.45, 2.75) is 59.2 Å². The average Bonchev–Trinajstić information content (AvgIpc) is 2.50. The van der Waals surface area contributed by atoms with Gasteiger partial charge in [-0.05, 0) is 20.3 Å². The molecule has 0 aliphatic carbocycles. The van der Waals surface area contributed by atoms with Gasteiger partial charge in [0.2, 0.25) is 17.7 Å². The number of carbonyl (C=O) groups excluding carboxylic acids is 4. The Labute approximate surface area is 136 Å². The van der Waals surface area contributed by atoms with E-state index in [1.54, 1.807) is 20.8 Å². The molecule has 0 saturated carbocycles. The molecule has 0 aromatic rings. The van der Waals surface area contributed by atoms with Gasteiger partial charge in [0.15, 0.2) is 0 Å². The van der Waals surface area contributed by atoms with Gasteiger partial charge >= 0.3 is 5.97 Å². The van der Waals surface area contributed by atoms with Crippen LogP contribution in [0.15, 0.2) is 0 Å². The van der Waals surface area contributed by atoms with Crippen LogP contribution < -0.4 is 16.0 Å². The maximum Gasteiger partial charge on any atom is 0.328 e. The van der Waals surface area contributed by atoms with Gasteiger partial charge in [-0.2, -0.15) is 0 Å². The highest BCUT2D eigenvalue weighted by atomic mass is 16.5. The summed E-state index contributed by atoms with van der Waals surface area (Å²) >= 11 is 0. The van der Waals surface area contributed by atoms with Gasteiger partial charge < -0.3 is 20.7 Å². The van der Waals surface area contributed by atoms with Gasteiger partial charge in [0.25, 0.3) is 0 Å². The minimum absolute atomic E-state index is 0.233. The molecule has 132 valence electrons. The molecule has 23 heavy (non-hydrogen) atoms. The molecule has 0 spiro atoms. The fourth-order valence-corrected chi connectivity index (χ4v) is 1.65. The lowest BCUT2D eigenvalue weighted by molar-refractivity contribution is -0.144. The lowest BCUT2D eigenvalue weighted by Gasteiger charge is -2.21. The van der Waals surface area contributed by atoms with E-state index in [2.05, 4.69) is 20.7 Å². The molecule has 0 rings (SSSR count). The topological polar surface area (TPSA) is 114 Å². The van der Waals surface area contributed by atoms with E-state index in [-0.39, 0.29) is 11.8 Å². The third kappa shape index (κ3) is 7.12. The van der Waals surface area contributed by atoms with Gasteiger partial charge in [-0.1, -0.05) is 20.8 Å². The fourth-order valence-electron chi connectivity index (χ4n) is 1.65. The van der Waals surface area contributed by atoms with Crippen molar-refractivity contribution >= 4 is 23.7 Å². The lowest BCUT2D eigenvalue weighted by atomic mass is 10.1. The Bertz CT molecular complexity index is 450. The molecule has 0 aromatic carbocycles. The third-order valence-electron chi connectivity index (χ3n) is 3.23. The van der Waals surface area contributed by atoms with Crippen LogP contribution >= 0.6 is 0 Å². The number of amides is 3. The Morgan fingerprint density at radius 2 is 1.35 bits per heavy atom. The van der Waals surface area contributed by atoms with Crippen LogP contribution in [-0.4, -0.2) is 48.9 Å². The van der Waals surface area contributed by atoms with Crippen LogP contribution in [-0.2, 0) is 23.9 Å². The van der Waals surface area contributed by atoms with Crippen LogP contribution in [0, 0.1) is 5.92 Å². The van der Waals surface area contributed by atoms with E-state index in [0.717, 1.165) is 0 Å². The monoisotopic (exact) mass is 329 g/mol. The lowest BCUT2D eigenvalue weighted by Crippen LogP contribution is -2.54. The van der Waals surface area contributed by atoms with Crippen LogP contribution in [0.25, 0.3) is 0 Å². The van der Waals surface area contributed by atoms with Crippen LogP contribution in [0.3, 0.4) is 0 Å². The van der Waals surface area contributed by atoms with Crippen molar-refractivity contribution in [1.82, 2.24) is 16.0 Å². The predicted molar refractivity (Wildman–Crippen MR) is 84.3 cm³/mol. The van der Waals surface area contributed by atoms with Gasteiger partial charge in [-0.15, -0.1) is 0 Å². The molecule has 3 unspecified atom stereocenters. The van der Waals surface area contributed by atoms with Crippen molar-refractivity contribution in [3.05, 3.63) is 0 Å². The molecular formula is C15H27N3O5. The first-order chi connectivity index (χ1) is 10.6. The smallest absolute Gasteiger partial charge is 0.328 e. The van der Waals surface area contributed by atoms with Crippen molar-refractivity contribution in [2.75, 3.05) is 7.11 Å². The number of carbonyl (C=O) groups is 4. The zero-order valence-electron chi connectivity index (χ0n) is 14.6. The highest BCUT2D eigenvalue weighted by molar-refractivity contribution is 5.93. The van der Waals surface area contributed by atoms with E-state index >= 15 is 0 Å². The SMILES string of the molecule is CCC(NC(=O)C(C)C)C(=O)NC(C)C(=O)NC(C)C(=O)OC. The number of ether oxygens (including phenoxy) is 1. The first-order valence-electron chi connectivity index (χ1n) is 7.62. The number of rotatable bonds is 8. The van der Waals surface area contributed by atoms with Gasteiger partial charge in [-0.25, -0.2) is 4.79 Å². The van der Waals surface area contributed by atoms with E-state index in [1.165, 1.54) is 21.0 Å². The molecule has 8 heteroatoms. The van der Waals surface area contributed by atoms with E-state index in [4.69, 9.17) is 0 Å². The molecule has 0 bridgehead atoms. The molecule has 8 nitrogen and oxygen atoms in total. The van der Waals surface area contributed by atoms with Crippen LogP contribution in [0.4, 0.5) is 0 Å². The van der Waals surface area contributed by atoms with Crippen molar-refractivity contribution < 1.29 is 23.9 Å². The molecule has 0 radical (unpaired) electrons. The first-order valence-corrected chi connectivity index (χ1v) is 7.62. The molecule has 0 aromatic heterocycles. The molecule has 3 amide bonds. The summed E-state index contributed by atoms with van der Waals surface area (Å²) in [4.78, 5) is 47.0. The van der Waals surface area contributed by atoms with Crippen molar-refractivity contribution in [1.29, 1.82) is 0 Å².